The van der Waals surface area contributed by atoms with E-state index in [-0.39, 0.29) is 0 Å². The summed E-state index contributed by atoms with van der Waals surface area (Å²) >= 11 is 0. The van der Waals surface area contributed by atoms with Gasteiger partial charge in [0, 0.05) is 11.9 Å². The van der Waals surface area contributed by atoms with E-state index in [1.807, 2.05) is 0 Å². The van der Waals surface area contributed by atoms with Crippen molar-refractivity contribution in [3.05, 3.63) is 0 Å². The Kier molecular flexibility index (Phi) is 0.679. The summed E-state index contributed by atoms with van der Waals surface area (Å²) in [4.78, 5) is 10.5. The number of carboxylic acids is 1. The first-order valence-electron chi connectivity index (χ1n) is 4.88. The normalized spacial score (nSPS) is 31.2. The maximum absolute atomic E-state index is 10.5. The third-order valence-electron chi connectivity index (χ3n) is 1.47. The summed E-state index contributed by atoms with van der Waals surface area (Å²) in [6.45, 7) is 1.58. The van der Waals surface area contributed by atoms with Crippen LogP contribution in [-0.2, 0) is 4.79 Å². The summed E-state index contributed by atoms with van der Waals surface area (Å²) in [7, 11) is 0. The molecule has 0 aliphatic heterocycles. The van der Waals surface area contributed by atoms with E-state index < -0.39 is 24.1 Å². The van der Waals surface area contributed by atoms with Gasteiger partial charge in [0.05, 0.1) is 0 Å². The van der Waals surface area contributed by atoms with E-state index in [4.69, 9.17) is 10.6 Å². The van der Waals surface area contributed by atoms with Crippen molar-refractivity contribution in [2.24, 2.45) is 5.41 Å². The molecule has 1 aliphatic carbocycles. The molecular weight excluding hydrogens is 116 g/mol. The number of hydrogen-bond acceptors (Lipinski definition) is 1. The second kappa shape index (κ2) is 2.01. The molecule has 2 heteroatoms. The van der Waals surface area contributed by atoms with Crippen molar-refractivity contribution in [1.82, 2.24) is 0 Å². The van der Waals surface area contributed by atoms with E-state index in [1.54, 1.807) is 6.92 Å². The summed E-state index contributed by atoms with van der Waals surface area (Å²) in [6, 6.07) is 0. The SMILES string of the molecule is [2H]C([2H])(C(=O)O)C([2H])([2H])C1(C)CC1. The molecule has 0 heterocycles. The van der Waals surface area contributed by atoms with Gasteiger partial charge in [-0.25, -0.2) is 0 Å². The van der Waals surface area contributed by atoms with E-state index in [0.29, 0.717) is 12.8 Å². The Morgan fingerprint density at radius 2 is 2.44 bits per heavy atom. The van der Waals surface area contributed by atoms with Gasteiger partial charge in [0.15, 0.2) is 0 Å². The first kappa shape index (κ1) is 3.04. The van der Waals surface area contributed by atoms with Crippen LogP contribution in [0.25, 0.3) is 0 Å². The molecule has 0 bridgehead atoms. The zero-order valence-corrected chi connectivity index (χ0v) is 5.27. The van der Waals surface area contributed by atoms with Gasteiger partial charge in [-0.1, -0.05) is 6.92 Å². The second-order valence-electron chi connectivity index (χ2n) is 2.62. The summed E-state index contributed by atoms with van der Waals surface area (Å²) in [5, 5.41) is 8.55. The lowest BCUT2D eigenvalue weighted by atomic mass is 10.0. The standard InChI is InChI=1S/C7H12O2/c1-7(4-5-7)3-2-6(8)9/h2-5H2,1H3,(H,8,9)/i2D2,3D2. The van der Waals surface area contributed by atoms with Gasteiger partial charge in [0.25, 0.3) is 0 Å². The van der Waals surface area contributed by atoms with Gasteiger partial charge in [0.1, 0.15) is 0 Å². The van der Waals surface area contributed by atoms with Crippen molar-refractivity contribution < 1.29 is 15.4 Å². The Bertz CT molecular complexity index is 245. The highest BCUT2D eigenvalue weighted by molar-refractivity contribution is 5.66. The third-order valence-corrected chi connectivity index (χ3v) is 1.47. The van der Waals surface area contributed by atoms with Crippen LogP contribution in [0.15, 0.2) is 0 Å². The lowest BCUT2D eigenvalue weighted by Crippen LogP contribution is -2.00. The summed E-state index contributed by atoms with van der Waals surface area (Å²) in [6.07, 6.45) is -4.01. The van der Waals surface area contributed by atoms with Gasteiger partial charge in [-0.15, -0.1) is 0 Å². The van der Waals surface area contributed by atoms with Gasteiger partial charge in [-0.3, -0.25) is 4.79 Å². The Morgan fingerprint density at radius 1 is 1.89 bits per heavy atom. The van der Waals surface area contributed by atoms with Crippen LogP contribution in [0, 0.1) is 5.41 Å². The van der Waals surface area contributed by atoms with Crippen LogP contribution in [0.1, 0.15) is 38.0 Å². The molecule has 0 saturated heterocycles. The lowest BCUT2D eigenvalue weighted by molar-refractivity contribution is -0.137. The minimum absolute atomic E-state index is 0.548. The molecule has 0 aromatic carbocycles. The maximum atomic E-state index is 10.5. The monoisotopic (exact) mass is 132 g/mol. The third kappa shape index (κ3) is 2.04. The van der Waals surface area contributed by atoms with Crippen molar-refractivity contribution >= 4 is 5.97 Å². The Balaban J connectivity index is 2.98. The summed E-state index contributed by atoms with van der Waals surface area (Å²) in [5.41, 5.74) is -0.811. The molecule has 52 valence electrons. The number of hydrogen-bond donors (Lipinski definition) is 1. The summed E-state index contributed by atoms with van der Waals surface area (Å²) < 4.78 is 29.3. The van der Waals surface area contributed by atoms with E-state index in [2.05, 4.69) is 0 Å². The molecule has 0 radical (unpaired) electrons. The number of aliphatic carboxylic acids is 1. The zero-order valence-electron chi connectivity index (χ0n) is 9.27. The first-order chi connectivity index (χ1) is 5.65. The quantitative estimate of drug-likeness (QED) is 0.634. The molecule has 0 aromatic rings. The van der Waals surface area contributed by atoms with Gasteiger partial charge >= 0.3 is 5.97 Å². The van der Waals surface area contributed by atoms with E-state index >= 15 is 0 Å². The van der Waals surface area contributed by atoms with Crippen molar-refractivity contribution in [3.8, 4) is 0 Å². The van der Waals surface area contributed by atoms with Crippen molar-refractivity contribution in [2.75, 3.05) is 0 Å². The van der Waals surface area contributed by atoms with Gasteiger partial charge in [-0.2, -0.15) is 0 Å². The van der Waals surface area contributed by atoms with Crippen molar-refractivity contribution in [1.29, 1.82) is 0 Å². The number of carbonyl (C=O) groups is 1. The van der Waals surface area contributed by atoms with Gasteiger partial charge in [0.2, 0.25) is 0 Å². The molecule has 2 nitrogen and oxygen atoms in total. The predicted octanol–water partition coefficient (Wildman–Crippen LogP) is 1.65. The molecule has 0 aromatic heterocycles. The molecule has 0 unspecified atom stereocenters. The van der Waals surface area contributed by atoms with Crippen LogP contribution >= 0.6 is 0 Å². The minimum Gasteiger partial charge on any atom is -0.481 e. The van der Waals surface area contributed by atoms with Crippen LogP contribution in [-0.4, -0.2) is 11.1 Å². The molecule has 1 rings (SSSR count). The van der Waals surface area contributed by atoms with Crippen LogP contribution in [0.3, 0.4) is 0 Å². The highest BCUT2D eigenvalue weighted by Crippen LogP contribution is 2.48. The van der Waals surface area contributed by atoms with Gasteiger partial charge in [-0.05, 0) is 24.6 Å². The molecule has 1 fully saturated rings. The van der Waals surface area contributed by atoms with Crippen LogP contribution in [0.4, 0.5) is 0 Å². The van der Waals surface area contributed by atoms with Crippen LogP contribution < -0.4 is 0 Å². The number of carboxylic acid groups (broad SMARTS) is 1. The first-order valence-corrected chi connectivity index (χ1v) is 2.88. The average Bonchev–Trinajstić information content (AvgIpc) is 2.68. The van der Waals surface area contributed by atoms with Gasteiger partial charge < -0.3 is 5.11 Å². The van der Waals surface area contributed by atoms with E-state index in [9.17, 15) is 4.79 Å². The molecular formula is C7H12O2. The Hall–Kier alpha value is -0.530. The molecule has 0 amide bonds. The average molecular weight is 132 g/mol. The molecule has 1 N–H and O–H groups in total. The number of rotatable bonds is 3. The molecule has 1 saturated carbocycles. The topological polar surface area (TPSA) is 37.3 Å². The zero-order chi connectivity index (χ0) is 10.5. The fourth-order valence-electron chi connectivity index (χ4n) is 0.517. The van der Waals surface area contributed by atoms with E-state index in [0.717, 1.165) is 0 Å². The maximum Gasteiger partial charge on any atom is 0.303 e. The summed E-state index contributed by atoms with van der Waals surface area (Å²) in [5.74, 6) is -1.73. The van der Waals surface area contributed by atoms with E-state index in [1.165, 1.54) is 0 Å². The van der Waals surface area contributed by atoms with Crippen molar-refractivity contribution in [3.63, 3.8) is 0 Å². The second-order valence-corrected chi connectivity index (χ2v) is 2.62. The Morgan fingerprint density at radius 3 is 2.78 bits per heavy atom. The highest BCUT2D eigenvalue weighted by Gasteiger charge is 2.36. The molecule has 1 aliphatic rings. The minimum atomic E-state index is -2.81. The van der Waals surface area contributed by atoms with Crippen molar-refractivity contribution in [2.45, 2.75) is 32.5 Å². The fraction of sp³-hybridized carbons (Fsp3) is 0.857. The predicted molar refractivity (Wildman–Crippen MR) is 34.2 cm³/mol. The van der Waals surface area contributed by atoms with Crippen LogP contribution in [0.5, 0.6) is 0 Å². The fourth-order valence-corrected chi connectivity index (χ4v) is 0.517. The Labute approximate surface area is 60.5 Å². The smallest absolute Gasteiger partial charge is 0.303 e. The molecule has 9 heavy (non-hydrogen) atoms. The molecule has 0 spiro atoms. The lowest BCUT2D eigenvalue weighted by Gasteiger charge is -2.02. The molecule has 0 atom stereocenters. The van der Waals surface area contributed by atoms with Crippen LogP contribution in [0.2, 0.25) is 0 Å². The highest BCUT2D eigenvalue weighted by atomic mass is 16.4. The largest absolute Gasteiger partial charge is 0.481 e.